The molecule has 1 aromatic carbocycles. The Morgan fingerprint density at radius 1 is 1.26 bits per heavy atom. The monoisotopic (exact) mass is 289 g/mol. The van der Waals surface area contributed by atoms with Crippen LogP contribution in [0.25, 0.3) is 0 Å². The Morgan fingerprint density at radius 2 is 1.74 bits per heavy atom. The highest BCUT2D eigenvalue weighted by Crippen LogP contribution is 2.38. The van der Waals surface area contributed by atoms with Crippen LogP contribution < -0.4 is 0 Å². The van der Waals surface area contributed by atoms with E-state index in [0.717, 1.165) is 5.06 Å². The van der Waals surface area contributed by atoms with E-state index >= 15 is 0 Å². The third-order valence-electron chi connectivity index (χ3n) is 3.00. The van der Waals surface area contributed by atoms with Crippen molar-refractivity contribution in [2.24, 2.45) is 0 Å². The molecule has 0 aromatic heterocycles. The Hall–Kier alpha value is -1.03. The molecule has 3 unspecified atom stereocenters. The van der Waals surface area contributed by atoms with Gasteiger partial charge in [-0.2, -0.15) is 8.42 Å². The maximum Gasteiger partial charge on any atom is 0.269 e. The fraction of sp³-hybridized carbons (Fsp3) is 0.455. The second kappa shape index (κ2) is 5.16. The number of nitrogens with zero attached hydrogens (tertiary/aromatic N) is 1. The van der Waals surface area contributed by atoms with Crippen LogP contribution in [-0.2, 0) is 15.0 Å². The quantitative estimate of drug-likeness (QED) is 0.679. The van der Waals surface area contributed by atoms with Gasteiger partial charge in [-0.15, -0.1) is 5.06 Å². The van der Waals surface area contributed by atoms with E-state index in [1.165, 1.54) is 6.92 Å². The van der Waals surface area contributed by atoms with Crippen LogP contribution in [0.4, 0.5) is 0 Å². The van der Waals surface area contributed by atoms with Crippen LogP contribution in [0, 0.1) is 0 Å². The van der Waals surface area contributed by atoms with Crippen molar-refractivity contribution in [3.8, 4) is 0 Å². The number of fused-ring (bicyclic) bond motifs is 1. The lowest BCUT2D eigenvalue weighted by Crippen LogP contribution is -2.32. The molecule has 0 aliphatic carbocycles. The molecule has 1 aliphatic rings. The van der Waals surface area contributed by atoms with Gasteiger partial charge in [-0.25, -0.2) is 0 Å². The Morgan fingerprint density at radius 3 is 2.16 bits per heavy atom. The summed E-state index contributed by atoms with van der Waals surface area (Å²) in [5.41, 5.74) is 0.990. The second-order valence-electron chi connectivity index (χ2n) is 4.36. The zero-order chi connectivity index (χ0) is 14.2. The average molecular weight is 289 g/mol. The van der Waals surface area contributed by atoms with Gasteiger partial charge in [0.2, 0.25) is 0 Å². The first kappa shape index (κ1) is 14.4. The first-order valence-corrected chi connectivity index (χ1v) is 7.15. The van der Waals surface area contributed by atoms with Gasteiger partial charge >= 0.3 is 0 Å². The molecule has 0 fully saturated rings. The van der Waals surface area contributed by atoms with E-state index in [1.54, 1.807) is 24.3 Å². The number of aliphatic hydroxyl groups excluding tert-OH is 2. The molecule has 0 radical (unpaired) electrons. The van der Waals surface area contributed by atoms with Gasteiger partial charge in [0.25, 0.3) is 10.1 Å². The molecule has 0 amide bonds. The molecule has 0 saturated heterocycles. The molecular weight excluding hydrogens is 274 g/mol. The minimum absolute atomic E-state index is 0.374. The molecule has 2 rings (SSSR count). The zero-order valence-electron chi connectivity index (χ0n) is 10.2. The highest BCUT2D eigenvalue weighted by molar-refractivity contribution is 7.86. The summed E-state index contributed by atoms with van der Waals surface area (Å²) < 4.78 is 30.5. The van der Waals surface area contributed by atoms with E-state index in [4.69, 9.17) is 9.39 Å². The number of hydroxylamine groups is 2. The van der Waals surface area contributed by atoms with Crippen LogP contribution in [0.2, 0.25) is 0 Å². The molecule has 0 saturated carbocycles. The second-order valence-corrected chi connectivity index (χ2v) is 6.19. The molecule has 3 atom stereocenters. The zero-order valence-corrected chi connectivity index (χ0v) is 11.0. The molecule has 7 nitrogen and oxygen atoms in total. The summed E-state index contributed by atoms with van der Waals surface area (Å²) in [6.07, 6.45) is -2.36. The minimum atomic E-state index is -4.21. The predicted molar refractivity (Wildman–Crippen MR) is 65.2 cm³/mol. The van der Waals surface area contributed by atoms with E-state index < -0.39 is 27.8 Å². The van der Waals surface area contributed by atoms with Gasteiger partial charge in [-0.1, -0.05) is 24.3 Å². The Bertz CT molecular complexity index is 531. The van der Waals surface area contributed by atoms with E-state index in [-0.39, 0.29) is 6.61 Å². The molecule has 106 valence electrons. The van der Waals surface area contributed by atoms with Gasteiger partial charge in [0.15, 0.2) is 12.5 Å². The van der Waals surface area contributed by atoms with E-state index in [1.807, 2.05) is 0 Å². The van der Waals surface area contributed by atoms with Crippen LogP contribution in [0.3, 0.4) is 0 Å². The molecule has 1 aromatic rings. The van der Waals surface area contributed by atoms with E-state index in [9.17, 15) is 18.6 Å². The fourth-order valence-electron chi connectivity index (χ4n) is 1.81. The van der Waals surface area contributed by atoms with Crippen molar-refractivity contribution in [2.75, 3.05) is 6.61 Å². The van der Waals surface area contributed by atoms with Gasteiger partial charge in [0, 0.05) is 11.1 Å². The van der Waals surface area contributed by atoms with Gasteiger partial charge in [-0.3, -0.25) is 9.39 Å². The van der Waals surface area contributed by atoms with Crippen LogP contribution in [0.1, 0.15) is 30.5 Å². The molecule has 19 heavy (non-hydrogen) atoms. The number of hydrogen-bond acceptors (Lipinski definition) is 6. The number of hydrogen-bond donors (Lipinski definition) is 3. The lowest BCUT2D eigenvalue weighted by Gasteiger charge is -2.24. The smallest absolute Gasteiger partial charge is 0.269 e. The third-order valence-corrected chi connectivity index (χ3v) is 4.15. The Labute approximate surface area is 110 Å². The normalized spacial score (nSPS) is 25.3. The number of aliphatic hydroxyl groups is 2. The molecule has 3 N–H and O–H groups in total. The highest BCUT2D eigenvalue weighted by Gasteiger charge is 2.37. The summed E-state index contributed by atoms with van der Waals surface area (Å²) in [6.45, 7) is 0.887. The van der Waals surface area contributed by atoms with Crippen molar-refractivity contribution < 1.29 is 28.0 Å². The molecule has 1 heterocycles. The van der Waals surface area contributed by atoms with Crippen LogP contribution in [0.5, 0.6) is 0 Å². The topological polar surface area (TPSA) is 107 Å². The van der Waals surface area contributed by atoms with Crippen LogP contribution >= 0.6 is 0 Å². The number of benzene rings is 1. The van der Waals surface area contributed by atoms with Crippen molar-refractivity contribution >= 4 is 10.1 Å². The van der Waals surface area contributed by atoms with Gasteiger partial charge in [0.05, 0.1) is 6.61 Å². The fourth-order valence-corrected chi connectivity index (χ4v) is 2.04. The third kappa shape index (κ3) is 2.78. The summed E-state index contributed by atoms with van der Waals surface area (Å²) in [4.78, 5) is 5.09. The SMILES string of the molecule is CC(CON1C(O)c2ccccc2C1O)S(=O)(=O)O. The molecular formula is C11H15NO6S. The predicted octanol–water partition coefficient (Wildman–Crippen LogP) is 0.192. The van der Waals surface area contributed by atoms with Crippen molar-refractivity contribution in [1.29, 1.82) is 0 Å². The first-order chi connectivity index (χ1) is 8.82. The Kier molecular flexibility index (Phi) is 3.90. The van der Waals surface area contributed by atoms with Crippen molar-refractivity contribution in [3.63, 3.8) is 0 Å². The summed E-state index contributed by atoms with van der Waals surface area (Å²) in [6, 6.07) is 6.69. The van der Waals surface area contributed by atoms with Gasteiger partial charge in [0.1, 0.15) is 5.25 Å². The largest absolute Gasteiger partial charge is 0.372 e. The van der Waals surface area contributed by atoms with Crippen LogP contribution in [-0.4, -0.2) is 40.1 Å². The van der Waals surface area contributed by atoms with Gasteiger partial charge < -0.3 is 10.2 Å². The number of rotatable bonds is 4. The summed E-state index contributed by atoms with van der Waals surface area (Å²) in [7, 11) is -4.21. The maximum atomic E-state index is 10.8. The van der Waals surface area contributed by atoms with Crippen LogP contribution in [0.15, 0.2) is 24.3 Å². The highest BCUT2D eigenvalue weighted by atomic mass is 32.2. The molecule has 0 bridgehead atoms. The maximum absolute atomic E-state index is 10.8. The summed E-state index contributed by atoms with van der Waals surface area (Å²) in [5, 5.41) is 19.7. The van der Waals surface area contributed by atoms with E-state index in [2.05, 4.69) is 0 Å². The minimum Gasteiger partial charge on any atom is -0.372 e. The lowest BCUT2D eigenvalue weighted by molar-refractivity contribution is -0.295. The lowest BCUT2D eigenvalue weighted by atomic mass is 10.1. The van der Waals surface area contributed by atoms with Crippen molar-refractivity contribution in [1.82, 2.24) is 5.06 Å². The van der Waals surface area contributed by atoms with Crippen molar-refractivity contribution in [2.45, 2.75) is 24.6 Å². The van der Waals surface area contributed by atoms with Gasteiger partial charge in [-0.05, 0) is 6.92 Å². The Balaban J connectivity index is 2.08. The first-order valence-electron chi connectivity index (χ1n) is 5.65. The molecule has 8 heteroatoms. The van der Waals surface area contributed by atoms with E-state index in [0.29, 0.717) is 11.1 Å². The molecule has 1 aliphatic heterocycles. The van der Waals surface area contributed by atoms with Crippen molar-refractivity contribution in [3.05, 3.63) is 35.4 Å². The standard InChI is InChI=1S/C11H15NO6S/c1-7(19(15,16)17)6-18-12-10(13)8-4-2-3-5-9(8)11(12)14/h2-5,7,10-11,13-14H,6H2,1H3,(H,15,16,17). The average Bonchev–Trinajstić information content (AvgIpc) is 2.59. The summed E-state index contributed by atoms with van der Waals surface area (Å²) in [5.74, 6) is 0. The summed E-state index contributed by atoms with van der Waals surface area (Å²) >= 11 is 0. The molecule has 0 spiro atoms.